The van der Waals surface area contributed by atoms with Gasteiger partial charge in [0.1, 0.15) is 50.3 Å². The van der Waals surface area contributed by atoms with Crippen molar-refractivity contribution in [1.29, 1.82) is 0 Å². The van der Waals surface area contributed by atoms with Crippen molar-refractivity contribution >= 4 is 34.0 Å². The number of aliphatic hydroxyl groups excluding tert-OH is 5. The molecule has 129 heavy (non-hydrogen) atoms. The molecule has 37 nitrogen and oxygen atoms in total. The number of hydrogen-bond acceptors (Lipinski definition) is 29. The fraction of sp³-hybridized carbons (Fsp3) is 0.407. The molecule has 6 aliphatic heterocycles. The molecule has 686 valence electrons. The van der Waals surface area contributed by atoms with Crippen LogP contribution in [0.4, 0.5) is 0 Å². The minimum atomic E-state index is -3.93. The van der Waals surface area contributed by atoms with Crippen LogP contribution in [0.25, 0.3) is 41.8 Å². The first-order valence-corrected chi connectivity index (χ1v) is 43.0. The molecule has 13 rings (SSSR count). The highest BCUT2D eigenvalue weighted by molar-refractivity contribution is 7.86. The highest BCUT2D eigenvalue weighted by atomic mass is 32.2. The van der Waals surface area contributed by atoms with Crippen molar-refractivity contribution in [3.05, 3.63) is 342 Å². The Morgan fingerprint density at radius 1 is 0.372 bits per heavy atom. The number of ether oxygens (including phenoxy) is 13. The van der Waals surface area contributed by atoms with Crippen molar-refractivity contribution in [1.82, 2.24) is 0 Å². The van der Waals surface area contributed by atoms with Gasteiger partial charge in [-0.25, -0.2) is 19.2 Å². The Bertz CT molecular complexity index is 4920. The fourth-order valence-corrected chi connectivity index (χ4v) is 14.1. The van der Waals surface area contributed by atoms with Crippen molar-refractivity contribution in [2.45, 2.75) is 164 Å². The third kappa shape index (κ3) is 33.8. The molecule has 6 aliphatic rings. The highest BCUT2D eigenvalue weighted by Crippen LogP contribution is 2.32. The van der Waals surface area contributed by atoms with E-state index in [1.54, 1.807) is 135 Å². The van der Waals surface area contributed by atoms with Gasteiger partial charge in [-0.2, -0.15) is 8.42 Å². The largest absolute Gasteiger partial charge is 0.495 e. The number of carbonyl (C=O) groups is 4. The van der Waals surface area contributed by atoms with E-state index in [9.17, 15) is 53.1 Å². The second-order valence-electron chi connectivity index (χ2n) is 30.0. The maximum absolute atomic E-state index is 12.4. The van der Waals surface area contributed by atoms with Gasteiger partial charge in [0, 0.05) is 19.6 Å². The Morgan fingerprint density at radius 2 is 0.690 bits per heavy atom. The molecule has 2 fully saturated rings. The minimum Gasteiger partial charge on any atom is -0.495 e. The summed E-state index contributed by atoms with van der Waals surface area (Å²) in [5, 5.41) is 63.4. The lowest BCUT2D eigenvalue weighted by Crippen LogP contribution is -2.53. The lowest BCUT2D eigenvalue weighted by atomic mass is 9.86. The molecular formula is C91H106N12O25S. The highest BCUT2D eigenvalue weighted by Gasteiger charge is 2.44. The molecule has 38 heteroatoms. The standard InChI is InChI=1S/C21H20O8S.C15H21N3O3.C14H19N3O4.C14H15N3O3.C14H17N3O2.C13H14O5/c1-30(24,25)29-19-17(28-21(23)16-10-6-3-7-11-16)12-13-26-18(19)14-27-20(22)15-8-4-2-5-9-15;1-10-14(17-18-16)13(21-11(2)15(10)19)9-20-8-12-6-4-3-5-7-12;1-9-12(16-17-15)11(21-14(19)13(9)18)8-20-7-10-5-3-2-4-6-10;1-10-7-8-19-12(13(10)16-17-15)9-20-14(18)11-5-3-2-4-6-11;1-11-7-8-19-13(14(11)16-17-15)10-18-9-12-5-3-2-4-6-12;14-10-6-7-17-11(12(10)15)8-18-13(16)9-4-2-1-3-5-9/h2-13,17-19H,14H2,1H3;3-7,10-11,13-15,19H,8-9H2,1-2H3;2-6,9,11-14,18-19H,7-8H2,1H3;2-8,10,12-13H,9H2,1H3;2-8,11,13-14H,9-10H2,1H3;1-7,10-12,14-15H,8H2/t17?,18?,19-;10?,11-,13?,14+,15?;9?,11?,12-,13?,14-;10?,12?,13-;11?,13?,14-;10?,11?,12-/m001110/s1. The second-order valence-corrected chi connectivity index (χ2v) is 31.6. The molecule has 2 saturated heterocycles. The number of aliphatic hydroxyl groups is 5. The van der Waals surface area contributed by atoms with E-state index in [4.69, 9.17) is 87.9 Å². The van der Waals surface area contributed by atoms with Gasteiger partial charge >= 0.3 is 23.9 Å². The van der Waals surface area contributed by atoms with Crippen LogP contribution in [0, 0.1) is 23.7 Å². The van der Waals surface area contributed by atoms with Gasteiger partial charge in [-0.1, -0.05) is 212 Å². The summed E-state index contributed by atoms with van der Waals surface area (Å²) in [5.74, 6) is -2.54. The molecule has 0 spiro atoms. The van der Waals surface area contributed by atoms with Gasteiger partial charge in [0.15, 0.2) is 30.7 Å². The molecule has 0 saturated carbocycles. The lowest BCUT2D eigenvalue weighted by molar-refractivity contribution is -0.246. The first kappa shape index (κ1) is 102. The van der Waals surface area contributed by atoms with Crippen molar-refractivity contribution in [3.63, 3.8) is 0 Å². The Hall–Kier alpha value is -12.7. The maximum Gasteiger partial charge on any atom is 0.338 e. The maximum atomic E-state index is 12.4. The quantitative estimate of drug-likeness (QED) is 0.00726. The number of nitrogens with zero attached hydrogens (tertiary/aromatic N) is 12. The predicted octanol–water partition coefficient (Wildman–Crippen LogP) is 13.6. The van der Waals surface area contributed by atoms with Crippen molar-refractivity contribution in [3.8, 4) is 0 Å². The van der Waals surface area contributed by atoms with Crippen molar-refractivity contribution in [2.24, 2.45) is 44.1 Å². The number of carbonyl (C=O) groups excluding carboxylic acids is 4. The summed E-state index contributed by atoms with van der Waals surface area (Å²) in [7, 11) is -3.93. The zero-order valence-electron chi connectivity index (χ0n) is 71.6. The normalized spacial score (nSPS) is 26.6. The SMILES string of the molecule is CC1C(O)[C@H](C)OC(COCc2ccccc2)[C@@H]1N=[N+]=[N-].CC1C(O)[C@H](O)OC(COCc2ccccc2)[C@@H]1N=[N+]=[N-].CC1C=COC(COC(=O)c2ccccc2)[C@@H]1N=[N+]=[N-].CC1C=COC(COCc2ccccc2)[C@@H]1N=[N+]=[N-].CS(=O)(=O)O[C@H]1C(OC(=O)c2ccccc2)C=COC1COC(=O)c1ccccc1.O=C(OCC1OC=CC(O)[C@@H]1O)c1ccccc1. The molecule has 0 aliphatic carbocycles. The average Bonchev–Trinajstić information content (AvgIpc) is 0.819. The van der Waals surface area contributed by atoms with Crippen LogP contribution in [0.2, 0.25) is 0 Å². The number of benzene rings is 7. The topological polar surface area (TPSA) is 528 Å². The van der Waals surface area contributed by atoms with E-state index in [-0.39, 0.29) is 74.6 Å². The van der Waals surface area contributed by atoms with Gasteiger partial charge in [-0.15, -0.1) is 0 Å². The van der Waals surface area contributed by atoms with Gasteiger partial charge in [0.2, 0.25) is 0 Å². The smallest absolute Gasteiger partial charge is 0.338 e. The summed E-state index contributed by atoms with van der Waals surface area (Å²) in [6.45, 7) is 11.3. The van der Waals surface area contributed by atoms with Crippen LogP contribution in [0.15, 0.2) is 282 Å². The Labute approximate surface area is 745 Å². The third-order valence-corrected chi connectivity index (χ3v) is 21.2. The molecule has 7 aromatic rings. The van der Waals surface area contributed by atoms with Crippen molar-refractivity contribution < 1.29 is 119 Å². The molecular weight excluding hydrogens is 1690 g/mol. The number of azide groups is 4. The van der Waals surface area contributed by atoms with Crippen LogP contribution in [0.3, 0.4) is 0 Å². The summed E-state index contributed by atoms with van der Waals surface area (Å²) in [5.41, 5.74) is 39.2. The molecule has 22 atom stereocenters. The summed E-state index contributed by atoms with van der Waals surface area (Å²) in [6, 6.07) is 61.6. The zero-order chi connectivity index (χ0) is 92.9. The predicted molar refractivity (Wildman–Crippen MR) is 468 cm³/mol. The molecule has 0 amide bonds. The third-order valence-electron chi connectivity index (χ3n) is 20.6. The summed E-state index contributed by atoms with van der Waals surface area (Å²) in [6.07, 6.45) is 1.97. The molecule has 7 aromatic carbocycles. The van der Waals surface area contributed by atoms with Crippen LogP contribution in [0.1, 0.15) is 92.7 Å². The molecule has 0 aromatic heterocycles. The molecule has 5 N–H and O–H groups in total. The van der Waals surface area contributed by atoms with E-state index < -0.39 is 119 Å². The molecule has 0 radical (unpaired) electrons. The Balaban J connectivity index is 0.000000193. The second kappa shape index (κ2) is 54.5. The van der Waals surface area contributed by atoms with Crippen LogP contribution in [0.5, 0.6) is 0 Å². The van der Waals surface area contributed by atoms with E-state index in [1.807, 2.05) is 137 Å². The number of hydrogen-bond donors (Lipinski definition) is 5. The van der Waals surface area contributed by atoms with Crippen LogP contribution >= 0.6 is 0 Å². The number of rotatable bonds is 29. The minimum absolute atomic E-state index is 0.0417. The monoisotopic (exact) mass is 1800 g/mol. The van der Waals surface area contributed by atoms with Gasteiger partial charge in [0.05, 0.1) is 142 Å². The van der Waals surface area contributed by atoms with Crippen LogP contribution < -0.4 is 0 Å². The first-order chi connectivity index (χ1) is 62.3. The van der Waals surface area contributed by atoms with Gasteiger partial charge in [0.25, 0.3) is 10.1 Å². The average molecular weight is 1800 g/mol. The van der Waals surface area contributed by atoms with Crippen LogP contribution in [-0.4, -0.2) is 214 Å². The lowest BCUT2D eigenvalue weighted by Gasteiger charge is -2.40. The first-order valence-electron chi connectivity index (χ1n) is 41.1. The van der Waals surface area contributed by atoms with Crippen LogP contribution in [-0.2, 0) is 95.7 Å². The van der Waals surface area contributed by atoms with Gasteiger partial charge in [-0.3, -0.25) is 4.18 Å². The van der Waals surface area contributed by atoms with Crippen molar-refractivity contribution in [2.75, 3.05) is 45.9 Å². The van der Waals surface area contributed by atoms with E-state index in [0.29, 0.717) is 55.3 Å². The molecule has 0 bridgehead atoms. The summed E-state index contributed by atoms with van der Waals surface area (Å²) >= 11 is 0. The van der Waals surface area contributed by atoms with Gasteiger partial charge in [-0.05, 0) is 142 Å². The van der Waals surface area contributed by atoms with E-state index in [2.05, 4.69) is 40.1 Å². The van der Waals surface area contributed by atoms with E-state index >= 15 is 0 Å². The summed E-state index contributed by atoms with van der Waals surface area (Å²) in [4.78, 5) is 59.4. The summed E-state index contributed by atoms with van der Waals surface area (Å²) < 4.78 is 98.8. The number of esters is 4. The Morgan fingerprint density at radius 3 is 1.09 bits per heavy atom. The van der Waals surface area contributed by atoms with E-state index in [0.717, 1.165) is 22.9 Å². The van der Waals surface area contributed by atoms with E-state index in [1.165, 1.54) is 24.7 Å². The van der Waals surface area contributed by atoms with Gasteiger partial charge < -0.3 is 87.1 Å². The zero-order valence-corrected chi connectivity index (χ0v) is 72.4. The molecule has 14 unspecified atom stereocenters. The fourth-order valence-electron chi connectivity index (χ4n) is 13.4. The Kier molecular flexibility index (Phi) is 43.0. The molecule has 6 heterocycles.